The molecule has 1 aromatic heterocycles. The number of hydrogen-bond donors (Lipinski definition) is 1. The number of fused-ring (bicyclic) bond motifs is 6. The van der Waals surface area contributed by atoms with Crippen LogP contribution in [0.4, 0.5) is 0 Å². The maximum atomic E-state index is 11.0. The van der Waals surface area contributed by atoms with Crippen molar-refractivity contribution in [2.24, 2.45) is 35.0 Å². The zero-order valence-electron chi connectivity index (χ0n) is 14.5. The SMILES string of the molecule is C[C@]12CC[C@H]3[C@@H](CC[C@H]4Cc5oc(C=O)cc5C[C@@H]43)[C@@H]1CC[C@@H]2O. The Labute approximate surface area is 143 Å². The van der Waals surface area contributed by atoms with Gasteiger partial charge in [0, 0.05) is 6.42 Å². The van der Waals surface area contributed by atoms with Crippen LogP contribution < -0.4 is 0 Å². The molecular weight excluding hydrogens is 300 g/mol. The fraction of sp³-hybridized carbons (Fsp3) is 0.762. The van der Waals surface area contributed by atoms with Crippen molar-refractivity contribution < 1.29 is 14.3 Å². The molecule has 0 bridgehead atoms. The van der Waals surface area contributed by atoms with Gasteiger partial charge in [-0.15, -0.1) is 0 Å². The minimum Gasteiger partial charge on any atom is -0.458 e. The summed E-state index contributed by atoms with van der Waals surface area (Å²) >= 11 is 0. The predicted molar refractivity (Wildman–Crippen MR) is 90.8 cm³/mol. The van der Waals surface area contributed by atoms with Crippen LogP contribution in [0.15, 0.2) is 10.5 Å². The summed E-state index contributed by atoms with van der Waals surface area (Å²) in [6, 6.07) is 1.98. The van der Waals surface area contributed by atoms with Crippen LogP contribution in [0.3, 0.4) is 0 Å². The highest BCUT2D eigenvalue weighted by atomic mass is 16.3. The lowest BCUT2D eigenvalue weighted by atomic mass is 9.50. The van der Waals surface area contributed by atoms with E-state index < -0.39 is 0 Å². The normalized spacial score (nSPS) is 46.6. The lowest BCUT2D eigenvalue weighted by Gasteiger charge is -2.55. The molecule has 0 aromatic carbocycles. The highest BCUT2D eigenvalue weighted by molar-refractivity contribution is 5.71. The molecule has 0 radical (unpaired) electrons. The lowest BCUT2D eigenvalue weighted by molar-refractivity contribution is -0.0758. The molecule has 0 spiro atoms. The van der Waals surface area contributed by atoms with Gasteiger partial charge in [0.15, 0.2) is 12.0 Å². The Bertz CT molecular complexity index is 662. The third-order valence-corrected chi connectivity index (χ3v) is 8.40. The molecule has 1 heterocycles. The first-order chi connectivity index (χ1) is 11.6. The van der Waals surface area contributed by atoms with Gasteiger partial charge in [-0.25, -0.2) is 0 Å². The third kappa shape index (κ3) is 1.97. The van der Waals surface area contributed by atoms with Gasteiger partial charge in [0.2, 0.25) is 0 Å². The number of hydrogen-bond acceptors (Lipinski definition) is 3. The van der Waals surface area contributed by atoms with E-state index in [9.17, 15) is 9.90 Å². The van der Waals surface area contributed by atoms with Gasteiger partial charge in [-0.05, 0) is 91.6 Å². The number of rotatable bonds is 1. The summed E-state index contributed by atoms with van der Waals surface area (Å²) in [5, 5.41) is 10.5. The Hall–Kier alpha value is -1.09. The molecule has 4 aliphatic rings. The van der Waals surface area contributed by atoms with Crippen LogP contribution in [0.1, 0.15) is 67.3 Å². The van der Waals surface area contributed by atoms with Gasteiger partial charge >= 0.3 is 0 Å². The summed E-state index contributed by atoms with van der Waals surface area (Å²) in [4.78, 5) is 11.0. The summed E-state index contributed by atoms with van der Waals surface area (Å²) in [6.07, 6.45) is 10.2. The highest BCUT2D eigenvalue weighted by Crippen LogP contribution is 2.62. The summed E-state index contributed by atoms with van der Waals surface area (Å²) in [5.41, 5.74) is 1.47. The first kappa shape index (κ1) is 15.2. The Balaban J connectivity index is 1.44. The molecule has 3 nitrogen and oxygen atoms in total. The number of aliphatic hydroxyl groups excluding tert-OH is 1. The minimum atomic E-state index is -0.0804. The summed E-state index contributed by atoms with van der Waals surface area (Å²) in [7, 11) is 0. The highest BCUT2D eigenvalue weighted by Gasteiger charge is 2.56. The van der Waals surface area contributed by atoms with E-state index in [1.165, 1.54) is 37.7 Å². The van der Waals surface area contributed by atoms with Crippen molar-refractivity contribution in [3.05, 3.63) is 23.2 Å². The van der Waals surface area contributed by atoms with Gasteiger partial charge < -0.3 is 9.52 Å². The lowest BCUT2D eigenvalue weighted by Crippen LogP contribution is -2.49. The van der Waals surface area contributed by atoms with E-state index in [-0.39, 0.29) is 11.5 Å². The molecule has 0 aliphatic heterocycles. The Morgan fingerprint density at radius 2 is 2.00 bits per heavy atom. The Morgan fingerprint density at radius 1 is 1.12 bits per heavy atom. The molecule has 3 fully saturated rings. The third-order valence-electron chi connectivity index (χ3n) is 8.40. The average Bonchev–Trinajstić information content (AvgIpc) is 3.13. The number of carbonyl (C=O) groups excluding carboxylic acids is 1. The minimum absolute atomic E-state index is 0.0804. The molecular formula is C21H28O3. The van der Waals surface area contributed by atoms with E-state index in [1.807, 2.05) is 6.07 Å². The second-order valence-corrected chi connectivity index (χ2v) is 9.20. The van der Waals surface area contributed by atoms with Gasteiger partial charge in [-0.1, -0.05) is 6.92 Å². The number of aldehydes is 1. The predicted octanol–water partition coefficient (Wildman–Crippen LogP) is 4.02. The molecule has 3 saturated carbocycles. The molecule has 5 rings (SSSR count). The Kier molecular flexibility index (Phi) is 3.29. The van der Waals surface area contributed by atoms with Crippen molar-refractivity contribution in [1.82, 2.24) is 0 Å². The maximum absolute atomic E-state index is 11.0. The topological polar surface area (TPSA) is 50.4 Å². The van der Waals surface area contributed by atoms with Crippen LogP contribution in [-0.4, -0.2) is 17.5 Å². The summed E-state index contributed by atoms with van der Waals surface area (Å²) < 4.78 is 5.74. The molecule has 130 valence electrons. The van der Waals surface area contributed by atoms with Crippen molar-refractivity contribution in [2.75, 3.05) is 0 Å². The molecule has 1 aromatic rings. The van der Waals surface area contributed by atoms with Gasteiger partial charge in [-0.2, -0.15) is 0 Å². The van der Waals surface area contributed by atoms with Crippen LogP contribution >= 0.6 is 0 Å². The number of aliphatic hydroxyl groups is 1. The zero-order chi connectivity index (χ0) is 16.5. The summed E-state index contributed by atoms with van der Waals surface area (Å²) in [5.74, 6) is 5.43. The second-order valence-electron chi connectivity index (χ2n) is 9.20. The van der Waals surface area contributed by atoms with Crippen molar-refractivity contribution in [3.8, 4) is 0 Å². The Morgan fingerprint density at radius 3 is 2.83 bits per heavy atom. The molecule has 4 aliphatic carbocycles. The molecule has 1 N–H and O–H groups in total. The monoisotopic (exact) mass is 328 g/mol. The van der Waals surface area contributed by atoms with Crippen molar-refractivity contribution in [2.45, 2.75) is 64.4 Å². The van der Waals surface area contributed by atoms with Crippen LogP contribution in [0.2, 0.25) is 0 Å². The van der Waals surface area contributed by atoms with Gasteiger partial charge in [0.05, 0.1) is 6.10 Å². The molecule has 0 saturated heterocycles. The van der Waals surface area contributed by atoms with E-state index in [1.54, 1.807) is 0 Å². The van der Waals surface area contributed by atoms with E-state index in [0.29, 0.717) is 5.76 Å². The van der Waals surface area contributed by atoms with Crippen molar-refractivity contribution in [3.63, 3.8) is 0 Å². The molecule has 24 heavy (non-hydrogen) atoms. The first-order valence-electron chi connectivity index (χ1n) is 9.85. The second kappa shape index (κ2) is 5.20. The van der Waals surface area contributed by atoms with E-state index in [0.717, 1.165) is 60.9 Å². The van der Waals surface area contributed by atoms with Crippen molar-refractivity contribution >= 4 is 6.29 Å². The fourth-order valence-electron chi connectivity index (χ4n) is 7.16. The quantitative estimate of drug-likeness (QED) is 0.792. The van der Waals surface area contributed by atoms with Crippen LogP contribution in [0.5, 0.6) is 0 Å². The van der Waals surface area contributed by atoms with Gasteiger partial charge in [-0.3, -0.25) is 4.79 Å². The zero-order valence-corrected chi connectivity index (χ0v) is 14.5. The summed E-state index contributed by atoms with van der Waals surface area (Å²) in [6.45, 7) is 2.35. The fourth-order valence-corrected chi connectivity index (χ4v) is 7.16. The maximum Gasteiger partial charge on any atom is 0.185 e. The number of furan rings is 1. The van der Waals surface area contributed by atoms with E-state index in [2.05, 4.69) is 6.92 Å². The standard InChI is InChI=1S/C21H28O3/c1-21-7-6-15-16(18(21)4-5-20(21)23)3-2-12-10-19-13(9-17(12)15)8-14(11-22)24-19/h8,11-12,15-18,20,23H,2-7,9-10H2,1H3/t12-,15-,16+,17-,18-,20-,21-/m0/s1. The van der Waals surface area contributed by atoms with E-state index in [4.69, 9.17) is 4.42 Å². The van der Waals surface area contributed by atoms with E-state index >= 15 is 0 Å². The molecule has 0 unspecified atom stereocenters. The van der Waals surface area contributed by atoms with Crippen LogP contribution in [-0.2, 0) is 12.8 Å². The van der Waals surface area contributed by atoms with Crippen LogP contribution in [0, 0.1) is 35.0 Å². The molecule has 0 amide bonds. The van der Waals surface area contributed by atoms with Gasteiger partial charge in [0.1, 0.15) is 5.76 Å². The smallest absolute Gasteiger partial charge is 0.185 e. The largest absolute Gasteiger partial charge is 0.458 e. The van der Waals surface area contributed by atoms with Crippen LogP contribution in [0.25, 0.3) is 0 Å². The molecule has 7 atom stereocenters. The van der Waals surface area contributed by atoms with Crippen molar-refractivity contribution in [1.29, 1.82) is 0 Å². The first-order valence-corrected chi connectivity index (χ1v) is 9.85. The molecule has 3 heteroatoms. The van der Waals surface area contributed by atoms with Gasteiger partial charge in [0.25, 0.3) is 0 Å². The average molecular weight is 328 g/mol. The number of carbonyl (C=O) groups is 1.